The van der Waals surface area contributed by atoms with Gasteiger partial charge >= 0.3 is 0 Å². The molecule has 1 N–H and O–H groups in total. The van der Waals surface area contributed by atoms with E-state index in [1.807, 2.05) is 0 Å². The maximum Gasteiger partial charge on any atom is 0.0597 e. The van der Waals surface area contributed by atoms with Gasteiger partial charge in [-0.1, -0.05) is 26.7 Å². The molecule has 0 spiro atoms. The fourth-order valence-electron chi connectivity index (χ4n) is 4.16. The summed E-state index contributed by atoms with van der Waals surface area (Å²) in [5, 5.41) is 3.85. The first kappa shape index (κ1) is 14.3. The molecule has 0 bridgehead atoms. The number of rotatable bonds is 5. The van der Waals surface area contributed by atoms with E-state index in [1.54, 1.807) is 0 Å². The summed E-state index contributed by atoms with van der Waals surface area (Å²) in [5.74, 6) is 2.28. The van der Waals surface area contributed by atoms with Crippen LogP contribution in [-0.4, -0.2) is 24.8 Å². The standard InChI is InChI=1S/C16H31NO/c1-5-10-17-16(14-8-6-7-9-14)15-11(2)12(3)18-13(15)4/h11-17H,5-10H2,1-4H3. The number of hydrogen-bond donors (Lipinski definition) is 1. The molecule has 18 heavy (non-hydrogen) atoms. The molecule has 5 atom stereocenters. The lowest BCUT2D eigenvalue weighted by molar-refractivity contribution is 0.0445. The zero-order valence-corrected chi connectivity index (χ0v) is 12.6. The summed E-state index contributed by atoms with van der Waals surface area (Å²) >= 11 is 0. The topological polar surface area (TPSA) is 21.3 Å². The Morgan fingerprint density at radius 3 is 2.28 bits per heavy atom. The molecular weight excluding hydrogens is 222 g/mol. The number of ether oxygens (including phenoxy) is 1. The van der Waals surface area contributed by atoms with E-state index in [-0.39, 0.29) is 0 Å². The van der Waals surface area contributed by atoms with E-state index >= 15 is 0 Å². The second-order valence-corrected chi connectivity index (χ2v) is 6.51. The van der Waals surface area contributed by atoms with Crippen molar-refractivity contribution in [3.8, 4) is 0 Å². The van der Waals surface area contributed by atoms with Gasteiger partial charge in [-0.05, 0) is 51.5 Å². The van der Waals surface area contributed by atoms with Gasteiger partial charge in [0.15, 0.2) is 0 Å². The summed E-state index contributed by atoms with van der Waals surface area (Å²) in [5.41, 5.74) is 0. The first-order valence-corrected chi connectivity index (χ1v) is 8.04. The molecule has 1 heterocycles. The average molecular weight is 253 g/mol. The zero-order chi connectivity index (χ0) is 13.1. The zero-order valence-electron chi connectivity index (χ0n) is 12.6. The highest BCUT2D eigenvalue weighted by atomic mass is 16.5. The van der Waals surface area contributed by atoms with Crippen LogP contribution < -0.4 is 5.32 Å². The van der Waals surface area contributed by atoms with Crippen molar-refractivity contribution in [2.45, 2.75) is 78.0 Å². The lowest BCUT2D eigenvalue weighted by Crippen LogP contribution is -2.46. The molecule has 106 valence electrons. The predicted molar refractivity (Wildman–Crippen MR) is 76.7 cm³/mol. The summed E-state index contributed by atoms with van der Waals surface area (Å²) in [4.78, 5) is 0. The van der Waals surface area contributed by atoms with Crippen LogP contribution in [-0.2, 0) is 4.74 Å². The average Bonchev–Trinajstić information content (AvgIpc) is 2.93. The van der Waals surface area contributed by atoms with Crippen molar-refractivity contribution in [1.29, 1.82) is 0 Å². The fraction of sp³-hybridized carbons (Fsp3) is 1.00. The van der Waals surface area contributed by atoms with E-state index in [2.05, 4.69) is 33.0 Å². The Morgan fingerprint density at radius 1 is 1.11 bits per heavy atom. The molecule has 0 aromatic rings. The van der Waals surface area contributed by atoms with Crippen LogP contribution in [0.2, 0.25) is 0 Å². The molecule has 0 aromatic carbocycles. The van der Waals surface area contributed by atoms with Crippen molar-refractivity contribution >= 4 is 0 Å². The monoisotopic (exact) mass is 253 g/mol. The van der Waals surface area contributed by atoms with Crippen LogP contribution in [0.5, 0.6) is 0 Å². The Kier molecular flexibility index (Phi) is 5.08. The van der Waals surface area contributed by atoms with Crippen molar-refractivity contribution in [3.05, 3.63) is 0 Å². The van der Waals surface area contributed by atoms with Gasteiger partial charge in [-0.25, -0.2) is 0 Å². The molecule has 2 fully saturated rings. The lowest BCUT2D eigenvalue weighted by Gasteiger charge is -2.34. The molecule has 0 radical (unpaired) electrons. The first-order chi connectivity index (χ1) is 8.65. The molecule has 2 nitrogen and oxygen atoms in total. The van der Waals surface area contributed by atoms with Gasteiger partial charge in [0.05, 0.1) is 12.2 Å². The van der Waals surface area contributed by atoms with Crippen molar-refractivity contribution in [2.75, 3.05) is 6.54 Å². The summed E-state index contributed by atoms with van der Waals surface area (Å²) in [7, 11) is 0. The van der Waals surface area contributed by atoms with Gasteiger partial charge in [-0.15, -0.1) is 0 Å². The van der Waals surface area contributed by atoms with Gasteiger partial charge in [0.25, 0.3) is 0 Å². The quantitative estimate of drug-likeness (QED) is 0.808. The van der Waals surface area contributed by atoms with Gasteiger partial charge in [-0.2, -0.15) is 0 Å². The van der Waals surface area contributed by atoms with E-state index in [0.717, 1.165) is 12.5 Å². The smallest absolute Gasteiger partial charge is 0.0597 e. The van der Waals surface area contributed by atoms with Gasteiger partial charge in [-0.3, -0.25) is 0 Å². The van der Waals surface area contributed by atoms with E-state index < -0.39 is 0 Å². The van der Waals surface area contributed by atoms with Crippen LogP contribution >= 0.6 is 0 Å². The third-order valence-corrected chi connectivity index (χ3v) is 5.27. The highest BCUT2D eigenvalue weighted by molar-refractivity contribution is 4.95. The minimum absolute atomic E-state index is 0.421. The molecule has 2 rings (SSSR count). The fourth-order valence-corrected chi connectivity index (χ4v) is 4.16. The number of hydrogen-bond acceptors (Lipinski definition) is 2. The summed E-state index contributed by atoms with van der Waals surface area (Å²) in [6, 6.07) is 0.683. The van der Waals surface area contributed by atoms with Crippen molar-refractivity contribution in [2.24, 2.45) is 17.8 Å². The maximum absolute atomic E-state index is 6.07. The molecule has 5 unspecified atom stereocenters. The van der Waals surface area contributed by atoms with Crippen LogP contribution in [0, 0.1) is 17.8 Å². The second-order valence-electron chi connectivity index (χ2n) is 6.51. The Labute approximate surface area is 113 Å². The largest absolute Gasteiger partial charge is 0.375 e. The van der Waals surface area contributed by atoms with Crippen LogP contribution in [0.1, 0.15) is 59.8 Å². The van der Waals surface area contributed by atoms with E-state index in [1.165, 1.54) is 32.1 Å². The first-order valence-electron chi connectivity index (χ1n) is 8.04. The van der Waals surface area contributed by atoms with Crippen molar-refractivity contribution in [1.82, 2.24) is 5.32 Å². The van der Waals surface area contributed by atoms with Crippen LogP contribution in [0.3, 0.4) is 0 Å². The van der Waals surface area contributed by atoms with E-state index in [4.69, 9.17) is 4.74 Å². The SMILES string of the molecule is CCCNC(C1CCCC1)C1C(C)OC(C)C1C. The molecule has 2 aliphatic rings. The Morgan fingerprint density at radius 2 is 1.78 bits per heavy atom. The minimum atomic E-state index is 0.421. The predicted octanol–water partition coefficient (Wildman–Crippen LogP) is 3.60. The minimum Gasteiger partial charge on any atom is -0.375 e. The highest BCUT2D eigenvalue weighted by Crippen LogP contribution is 2.40. The Hall–Kier alpha value is -0.0800. The third kappa shape index (κ3) is 2.91. The van der Waals surface area contributed by atoms with Gasteiger partial charge in [0.2, 0.25) is 0 Å². The molecule has 0 aromatic heterocycles. The lowest BCUT2D eigenvalue weighted by atomic mass is 9.77. The molecule has 0 amide bonds. The maximum atomic E-state index is 6.07. The molecular formula is C16H31NO. The molecule has 1 saturated heterocycles. The van der Waals surface area contributed by atoms with Gasteiger partial charge in [0, 0.05) is 12.0 Å². The number of nitrogens with one attached hydrogen (secondary N) is 1. The van der Waals surface area contributed by atoms with Gasteiger partial charge < -0.3 is 10.1 Å². The molecule has 2 heteroatoms. The second kappa shape index (κ2) is 6.38. The normalized spacial score (nSPS) is 39.3. The summed E-state index contributed by atoms with van der Waals surface area (Å²) < 4.78 is 6.07. The summed E-state index contributed by atoms with van der Waals surface area (Å²) in [6.07, 6.45) is 7.79. The molecule has 1 aliphatic carbocycles. The van der Waals surface area contributed by atoms with Crippen LogP contribution in [0.15, 0.2) is 0 Å². The van der Waals surface area contributed by atoms with E-state index in [0.29, 0.717) is 30.1 Å². The van der Waals surface area contributed by atoms with Crippen LogP contribution in [0.25, 0.3) is 0 Å². The van der Waals surface area contributed by atoms with Crippen molar-refractivity contribution < 1.29 is 4.74 Å². The Bertz CT molecular complexity index is 249. The van der Waals surface area contributed by atoms with Crippen LogP contribution in [0.4, 0.5) is 0 Å². The summed E-state index contributed by atoms with van der Waals surface area (Å²) in [6.45, 7) is 10.3. The van der Waals surface area contributed by atoms with E-state index in [9.17, 15) is 0 Å². The van der Waals surface area contributed by atoms with Crippen molar-refractivity contribution in [3.63, 3.8) is 0 Å². The van der Waals surface area contributed by atoms with Gasteiger partial charge in [0.1, 0.15) is 0 Å². The highest BCUT2D eigenvalue weighted by Gasteiger charge is 2.44. The third-order valence-electron chi connectivity index (χ3n) is 5.27. The molecule has 1 saturated carbocycles. The Balaban J connectivity index is 2.06. The molecule has 1 aliphatic heterocycles.